The number of rotatable bonds is 5. The summed E-state index contributed by atoms with van der Waals surface area (Å²) in [6, 6.07) is 14.7. The fraction of sp³-hybridized carbons (Fsp3) is 0.273. The Bertz CT molecular complexity index is 943. The van der Waals surface area contributed by atoms with Crippen LogP contribution in [0.1, 0.15) is 22.8 Å². The highest BCUT2D eigenvalue weighted by atomic mass is 16.7. The zero-order chi connectivity index (χ0) is 21.6. The molecule has 1 aromatic heterocycles. The van der Waals surface area contributed by atoms with Crippen LogP contribution in [0, 0.1) is 11.3 Å². The third kappa shape index (κ3) is 7.30. The Morgan fingerprint density at radius 1 is 1.17 bits per heavy atom. The summed E-state index contributed by atoms with van der Waals surface area (Å²) in [4.78, 5) is 10.5. The van der Waals surface area contributed by atoms with Gasteiger partial charge in [0.25, 0.3) is 0 Å². The number of aromatic nitrogens is 1. The van der Waals surface area contributed by atoms with E-state index in [0.717, 1.165) is 29.5 Å². The van der Waals surface area contributed by atoms with Gasteiger partial charge in [-0.05, 0) is 37.3 Å². The van der Waals surface area contributed by atoms with Crippen molar-refractivity contribution in [3.63, 3.8) is 0 Å². The van der Waals surface area contributed by atoms with Crippen molar-refractivity contribution in [1.82, 2.24) is 4.57 Å². The summed E-state index contributed by atoms with van der Waals surface area (Å²) in [5, 5.41) is 9.78. The highest BCUT2D eigenvalue weighted by Crippen LogP contribution is 2.21. The SMILES string of the molecule is CCOC.COCOc1ccccc1C=O.Cn1cc(C#N)c2ccc(N)cc21. The molecule has 0 aliphatic heterocycles. The van der Waals surface area contributed by atoms with Crippen molar-refractivity contribution in [2.45, 2.75) is 6.92 Å². The maximum atomic E-state index is 10.5. The number of para-hydroxylation sites is 1. The highest BCUT2D eigenvalue weighted by Gasteiger charge is 2.05. The van der Waals surface area contributed by atoms with Crippen molar-refractivity contribution < 1.29 is 19.0 Å². The third-order valence-corrected chi connectivity index (χ3v) is 3.80. The lowest BCUT2D eigenvalue weighted by Gasteiger charge is -2.05. The number of fused-ring (bicyclic) bond motifs is 1. The first kappa shape index (κ1) is 23.7. The van der Waals surface area contributed by atoms with Crippen molar-refractivity contribution in [3.05, 3.63) is 59.8 Å². The van der Waals surface area contributed by atoms with Gasteiger partial charge in [0.2, 0.25) is 0 Å². The number of nitrogens with two attached hydrogens (primary N) is 1. The first-order chi connectivity index (χ1) is 14.0. The molecule has 0 aliphatic rings. The van der Waals surface area contributed by atoms with Crippen LogP contribution >= 0.6 is 0 Å². The summed E-state index contributed by atoms with van der Waals surface area (Å²) in [5.74, 6) is 0.550. The summed E-state index contributed by atoms with van der Waals surface area (Å²) in [5.41, 5.74) is 8.59. The number of benzene rings is 2. The van der Waals surface area contributed by atoms with E-state index in [1.165, 1.54) is 7.11 Å². The van der Waals surface area contributed by atoms with E-state index < -0.39 is 0 Å². The summed E-state index contributed by atoms with van der Waals surface area (Å²) in [7, 11) is 5.12. The van der Waals surface area contributed by atoms with Gasteiger partial charge >= 0.3 is 0 Å². The standard InChI is InChI=1S/C10H9N3.C9H10O3.C3H8O/c1-13-6-7(5-11)9-3-2-8(12)4-10(9)13;1-11-7-12-9-5-3-2-4-8(9)6-10;1-3-4-2/h2-4,6H,12H2,1H3;2-6H,7H2,1H3;3H2,1-2H3. The lowest BCUT2D eigenvalue weighted by Crippen LogP contribution is -2.00. The van der Waals surface area contributed by atoms with Crippen molar-refractivity contribution in [2.24, 2.45) is 7.05 Å². The number of carbonyl (C=O) groups excluding carboxylic acids is 1. The van der Waals surface area contributed by atoms with Crippen LogP contribution in [0.5, 0.6) is 5.75 Å². The third-order valence-electron chi connectivity index (χ3n) is 3.80. The molecule has 0 atom stereocenters. The molecule has 7 heteroatoms. The number of anilines is 1. The van der Waals surface area contributed by atoms with Crippen LogP contribution in [0.25, 0.3) is 10.9 Å². The number of carbonyl (C=O) groups is 1. The number of aldehydes is 1. The van der Waals surface area contributed by atoms with Crippen molar-refractivity contribution >= 4 is 22.9 Å². The molecule has 2 aromatic carbocycles. The van der Waals surface area contributed by atoms with Gasteiger partial charge < -0.3 is 24.5 Å². The van der Waals surface area contributed by atoms with E-state index >= 15 is 0 Å². The molecule has 0 bridgehead atoms. The van der Waals surface area contributed by atoms with Gasteiger partial charge in [-0.2, -0.15) is 5.26 Å². The number of aryl methyl sites for hydroxylation is 1. The summed E-state index contributed by atoms with van der Waals surface area (Å²) >= 11 is 0. The fourth-order valence-electron chi connectivity index (χ4n) is 2.32. The largest absolute Gasteiger partial charge is 0.467 e. The van der Waals surface area contributed by atoms with Gasteiger partial charge in [0.1, 0.15) is 11.8 Å². The van der Waals surface area contributed by atoms with E-state index in [0.29, 0.717) is 16.9 Å². The van der Waals surface area contributed by atoms with Crippen LogP contribution in [0.3, 0.4) is 0 Å². The monoisotopic (exact) mass is 397 g/mol. The zero-order valence-corrected chi connectivity index (χ0v) is 17.2. The van der Waals surface area contributed by atoms with Crippen LogP contribution in [0.4, 0.5) is 5.69 Å². The van der Waals surface area contributed by atoms with Crippen LogP contribution in [0.2, 0.25) is 0 Å². The molecule has 29 heavy (non-hydrogen) atoms. The smallest absolute Gasteiger partial charge is 0.188 e. The summed E-state index contributed by atoms with van der Waals surface area (Å²) in [6.07, 6.45) is 2.56. The maximum absolute atomic E-state index is 10.5. The zero-order valence-electron chi connectivity index (χ0n) is 17.2. The van der Waals surface area contributed by atoms with E-state index in [1.54, 1.807) is 31.4 Å². The molecule has 3 aromatic rings. The number of methoxy groups -OCH3 is 2. The predicted octanol–water partition coefficient (Wildman–Crippen LogP) is 3.77. The van der Waals surface area contributed by atoms with E-state index in [9.17, 15) is 4.79 Å². The van der Waals surface area contributed by atoms with Crippen LogP contribution < -0.4 is 10.5 Å². The molecule has 0 unspecified atom stereocenters. The number of hydrogen-bond donors (Lipinski definition) is 1. The molecule has 0 saturated heterocycles. The normalized spacial score (nSPS) is 9.48. The molecule has 2 N–H and O–H groups in total. The predicted molar refractivity (Wildman–Crippen MR) is 114 cm³/mol. The van der Waals surface area contributed by atoms with Gasteiger partial charge in [0.15, 0.2) is 13.1 Å². The lowest BCUT2D eigenvalue weighted by atomic mass is 10.2. The second kappa shape index (κ2) is 12.9. The molecule has 0 radical (unpaired) electrons. The minimum Gasteiger partial charge on any atom is -0.467 e. The summed E-state index contributed by atoms with van der Waals surface area (Å²) in [6.45, 7) is 2.94. The molecular weight excluding hydrogens is 370 g/mol. The average Bonchev–Trinajstić information content (AvgIpc) is 3.08. The molecule has 7 nitrogen and oxygen atoms in total. The molecular formula is C22H27N3O4. The Hall–Kier alpha value is -3.34. The highest BCUT2D eigenvalue weighted by molar-refractivity contribution is 5.88. The Morgan fingerprint density at radius 3 is 2.45 bits per heavy atom. The Labute approximate surface area is 171 Å². The van der Waals surface area contributed by atoms with E-state index in [4.69, 9.17) is 20.5 Å². The quantitative estimate of drug-likeness (QED) is 0.400. The fourth-order valence-corrected chi connectivity index (χ4v) is 2.32. The van der Waals surface area contributed by atoms with Gasteiger partial charge in [0.05, 0.1) is 16.6 Å². The molecule has 0 aliphatic carbocycles. The Balaban J connectivity index is 0.000000247. The second-order valence-corrected chi connectivity index (χ2v) is 5.83. The minimum absolute atomic E-state index is 0.158. The minimum atomic E-state index is 0.158. The molecule has 3 rings (SSSR count). The van der Waals surface area contributed by atoms with E-state index in [-0.39, 0.29) is 6.79 Å². The molecule has 1 heterocycles. The van der Waals surface area contributed by atoms with Crippen LogP contribution in [-0.2, 0) is 16.5 Å². The van der Waals surface area contributed by atoms with Crippen molar-refractivity contribution in [2.75, 3.05) is 33.4 Å². The van der Waals surface area contributed by atoms with Crippen molar-refractivity contribution in [3.8, 4) is 11.8 Å². The lowest BCUT2D eigenvalue weighted by molar-refractivity contribution is 0.0505. The van der Waals surface area contributed by atoms with Crippen LogP contribution in [-0.4, -0.2) is 38.5 Å². The first-order valence-electron chi connectivity index (χ1n) is 8.91. The average molecular weight is 397 g/mol. The first-order valence-corrected chi connectivity index (χ1v) is 8.91. The maximum Gasteiger partial charge on any atom is 0.188 e. The van der Waals surface area contributed by atoms with Crippen molar-refractivity contribution in [1.29, 1.82) is 5.26 Å². The molecule has 0 spiro atoms. The number of nitriles is 1. The molecule has 0 saturated carbocycles. The molecule has 154 valence electrons. The Kier molecular flexibility index (Phi) is 10.6. The van der Waals surface area contributed by atoms with Gasteiger partial charge in [0, 0.05) is 45.1 Å². The molecule has 0 fully saturated rings. The van der Waals surface area contributed by atoms with E-state index in [2.05, 4.69) is 10.8 Å². The van der Waals surface area contributed by atoms with Gasteiger partial charge in [-0.15, -0.1) is 0 Å². The topological polar surface area (TPSA) is 99.5 Å². The number of nitrogen functional groups attached to an aromatic ring is 1. The van der Waals surface area contributed by atoms with Gasteiger partial charge in [-0.25, -0.2) is 0 Å². The number of ether oxygens (including phenoxy) is 3. The molecule has 0 amide bonds. The Morgan fingerprint density at radius 2 is 1.86 bits per heavy atom. The van der Waals surface area contributed by atoms with Gasteiger partial charge in [-0.3, -0.25) is 4.79 Å². The second-order valence-electron chi connectivity index (χ2n) is 5.83. The van der Waals surface area contributed by atoms with E-state index in [1.807, 2.05) is 42.9 Å². The van der Waals surface area contributed by atoms with Gasteiger partial charge in [-0.1, -0.05) is 12.1 Å². The summed E-state index contributed by atoms with van der Waals surface area (Å²) < 4.78 is 16.3. The number of nitrogens with zero attached hydrogens (tertiary/aromatic N) is 2. The van der Waals surface area contributed by atoms with Crippen LogP contribution in [0.15, 0.2) is 48.7 Å². The number of hydrogen-bond acceptors (Lipinski definition) is 6.